The number of nitrogens with zero attached hydrogens (tertiary/aromatic N) is 1. The van der Waals surface area contributed by atoms with E-state index in [-0.39, 0.29) is 5.91 Å². The molecule has 0 rings (SSSR count). The molecule has 0 saturated heterocycles. The summed E-state index contributed by atoms with van der Waals surface area (Å²) < 4.78 is 0. The Kier molecular flexibility index (Phi) is 6.70. The summed E-state index contributed by atoms with van der Waals surface area (Å²) in [6, 6.07) is 0. The molecular weight excluding hydrogens is 154 g/mol. The Morgan fingerprint density at radius 2 is 2.08 bits per heavy atom. The minimum atomic E-state index is 0.197. The molecule has 0 aromatic heterocycles. The second kappa shape index (κ2) is 7.06. The largest absolute Gasteiger partial charge is 0.349 e. The fraction of sp³-hybridized carbons (Fsp3) is 0.875. The normalized spacial score (nSPS) is 9.92. The number of hydrogen-bond donors (Lipinski definition) is 2. The van der Waals surface area contributed by atoms with Crippen molar-refractivity contribution in [1.82, 2.24) is 10.2 Å². The molecule has 0 aromatic rings. The van der Waals surface area contributed by atoms with Crippen LogP contribution in [0.25, 0.3) is 0 Å². The zero-order valence-corrected chi connectivity index (χ0v) is 7.97. The van der Waals surface area contributed by atoms with Gasteiger partial charge in [-0.15, -0.1) is 0 Å². The molecule has 3 N–H and O–H groups in total. The molecule has 4 heteroatoms. The van der Waals surface area contributed by atoms with Crippen LogP contribution in [0, 0.1) is 0 Å². The molecule has 0 unspecified atom stereocenters. The van der Waals surface area contributed by atoms with E-state index in [1.165, 1.54) is 0 Å². The zero-order valence-electron chi connectivity index (χ0n) is 7.97. The Morgan fingerprint density at radius 3 is 2.58 bits per heavy atom. The topological polar surface area (TPSA) is 58.4 Å². The van der Waals surface area contributed by atoms with Gasteiger partial charge in [0.25, 0.3) is 0 Å². The van der Waals surface area contributed by atoms with Gasteiger partial charge in [-0.2, -0.15) is 0 Å². The van der Waals surface area contributed by atoms with Crippen LogP contribution in [-0.4, -0.2) is 38.1 Å². The zero-order chi connectivity index (χ0) is 9.40. The third-order valence-electron chi connectivity index (χ3n) is 1.64. The van der Waals surface area contributed by atoms with Crippen molar-refractivity contribution in [3.05, 3.63) is 0 Å². The number of unbranched alkanes of at least 4 members (excludes halogenated alkanes) is 1. The van der Waals surface area contributed by atoms with Gasteiger partial charge in [-0.1, -0.05) is 0 Å². The van der Waals surface area contributed by atoms with E-state index in [1.54, 1.807) is 19.0 Å². The molecule has 1 amide bonds. The van der Waals surface area contributed by atoms with E-state index in [9.17, 15) is 4.79 Å². The molecule has 4 nitrogen and oxygen atoms in total. The number of nitrogens with one attached hydrogen (secondary N) is 1. The van der Waals surface area contributed by atoms with Crippen molar-refractivity contribution in [2.75, 3.05) is 27.3 Å². The first-order valence-electron chi connectivity index (χ1n) is 4.29. The first-order chi connectivity index (χ1) is 5.68. The Hall–Kier alpha value is -0.610. The molecule has 0 aliphatic carbocycles. The standard InChI is InChI=1S/C8H19N3O/c1-11(2)8(12)5-3-4-6-10-7-9/h10H,3-7,9H2,1-2H3. The van der Waals surface area contributed by atoms with Gasteiger partial charge in [0.1, 0.15) is 0 Å². The van der Waals surface area contributed by atoms with Crippen molar-refractivity contribution in [2.24, 2.45) is 5.73 Å². The maximum atomic E-state index is 11.1. The molecule has 0 saturated carbocycles. The lowest BCUT2D eigenvalue weighted by Gasteiger charge is -2.09. The van der Waals surface area contributed by atoms with Gasteiger partial charge in [-0.05, 0) is 19.4 Å². The van der Waals surface area contributed by atoms with Crippen molar-refractivity contribution in [3.8, 4) is 0 Å². The van der Waals surface area contributed by atoms with Crippen LogP contribution < -0.4 is 11.1 Å². The predicted octanol–water partition coefficient (Wildman–Crippen LogP) is -0.249. The summed E-state index contributed by atoms with van der Waals surface area (Å²) in [5.74, 6) is 0.197. The van der Waals surface area contributed by atoms with Gasteiger partial charge in [0, 0.05) is 27.2 Å². The van der Waals surface area contributed by atoms with Gasteiger partial charge in [0.2, 0.25) is 5.91 Å². The second-order valence-electron chi connectivity index (χ2n) is 2.95. The SMILES string of the molecule is CN(C)C(=O)CCCCNCN. The van der Waals surface area contributed by atoms with E-state index in [1.807, 2.05) is 0 Å². The number of carbonyl (C=O) groups excluding carboxylic acids is 1. The molecule has 0 aliphatic heterocycles. The predicted molar refractivity (Wildman–Crippen MR) is 49.6 cm³/mol. The lowest BCUT2D eigenvalue weighted by atomic mass is 10.2. The van der Waals surface area contributed by atoms with E-state index in [4.69, 9.17) is 5.73 Å². The molecule has 0 bridgehead atoms. The number of rotatable bonds is 6. The Morgan fingerprint density at radius 1 is 1.42 bits per heavy atom. The summed E-state index contributed by atoms with van der Waals surface area (Å²) in [7, 11) is 3.56. The highest BCUT2D eigenvalue weighted by molar-refractivity contribution is 5.75. The highest BCUT2D eigenvalue weighted by Crippen LogP contribution is 1.96. The lowest BCUT2D eigenvalue weighted by molar-refractivity contribution is -0.128. The number of carbonyl (C=O) groups is 1. The van der Waals surface area contributed by atoms with Crippen molar-refractivity contribution in [1.29, 1.82) is 0 Å². The highest BCUT2D eigenvalue weighted by atomic mass is 16.2. The number of hydrogen-bond acceptors (Lipinski definition) is 3. The van der Waals surface area contributed by atoms with E-state index in [0.717, 1.165) is 19.4 Å². The molecule has 72 valence electrons. The molecule has 0 fully saturated rings. The van der Waals surface area contributed by atoms with E-state index >= 15 is 0 Å². The van der Waals surface area contributed by atoms with Crippen LogP contribution in [0.15, 0.2) is 0 Å². The molecule has 0 aliphatic rings. The van der Waals surface area contributed by atoms with Crippen LogP contribution in [0.2, 0.25) is 0 Å². The van der Waals surface area contributed by atoms with Gasteiger partial charge in [-0.25, -0.2) is 0 Å². The summed E-state index contributed by atoms with van der Waals surface area (Å²) in [5, 5.41) is 3.00. The van der Waals surface area contributed by atoms with Crippen molar-refractivity contribution < 1.29 is 4.79 Å². The molecular formula is C8H19N3O. The second-order valence-corrected chi connectivity index (χ2v) is 2.95. The summed E-state index contributed by atoms with van der Waals surface area (Å²) >= 11 is 0. The Bertz CT molecular complexity index is 125. The molecule has 12 heavy (non-hydrogen) atoms. The Labute approximate surface area is 74.1 Å². The maximum Gasteiger partial charge on any atom is 0.222 e. The molecule has 0 heterocycles. The monoisotopic (exact) mass is 173 g/mol. The van der Waals surface area contributed by atoms with Crippen LogP contribution in [0.5, 0.6) is 0 Å². The van der Waals surface area contributed by atoms with Gasteiger partial charge in [0.05, 0.1) is 0 Å². The van der Waals surface area contributed by atoms with Crippen LogP contribution >= 0.6 is 0 Å². The Balaban J connectivity index is 3.14. The van der Waals surface area contributed by atoms with Gasteiger partial charge < -0.3 is 16.0 Å². The van der Waals surface area contributed by atoms with Crippen LogP contribution in [0.3, 0.4) is 0 Å². The first-order valence-corrected chi connectivity index (χ1v) is 4.29. The minimum absolute atomic E-state index is 0.197. The van der Waals surface area contributed by atoms with E-state index < -0.39 is 0 Å². The first kappa shape index (κ1) is 11.4. The lowest BCUT2D eigenvalue weighted by Crippen LogP contribution is -2.24. The smallest absolute Gasteiger partial charge is 0.222 e. The summed E-state index contributed by atoms with van der Waals surface area (Å²) in [6.07, 6.45) is 2.58. The third kappa shape index (κ3) is 6.12. The molecule has 0 atom stereocenters. The van der Waals surface area contributed by atoms with Crippen LogP contribution in [0.1, 0.15) is 19.3 Å². The fourth-order valence-electron chi connectivity index (χ4n) is 0.852. The van der Waals surface area contributed by atoms with Gasteiger partial charge >= 0.3 is 0 Å². The number of nitrogens with two attached hydrogens (primary N) is 1. The van der Waals surface area contributed by atoms with E-state index in [0.29, 0.717) is 13.1 Å². The average Bonchev–Trinajstić information content (AvgIpc) is 2.03. The quantitative estimate of drug-likeness (QED) is 0.430. The van der Waals surface area contributed by atoms with Crippen molar-refractivity contribution in [3.63, 3.8) is 0 Å². The fourth-order valence-corrected chi connectivity index (χ4v) is 0.852. The maximum absolute atomic E-state index is 11.1. The summed E-state index contributed by atoms with van der Waals surface area (Å²) in [6.45, 7) is 1.42. The molecule has 0 aromatic carbocycles. The highest BCUT2D eigenvalue weighted by Gasteiger charge is 2.01. The minimum Gasteiger partial charge on any atom is -0.349 e. The van der Waals surface area contributed by atoms with E-state index in [2.05, 4.69) is 5.32 Å². The summed E-state index contributed by atoms with van der Waals surface area (Å²) in [4.78, 5) is 12.7. The molecule has 0 spiro atoms. The van der Waals surface area contributed by atoms with Gasteiger partial charge in [-0.3, -0.25) is 4.79 Å². The molecule has 0 radical (unpaired) electrons. The third-order valence-corrected chi connectivity index (χ3v) is 1.64. The average molecular weight is 173 g/mol. The number of amides is 1. The summed E-state index contributed by atoms with van der Waals surface area (Å²) in [5.41, 5.74) is 5.23. The van der Waals surface area contributed by atoms with Gasteiger partial charge in [0.15, 0.2) is 0 Å². The van der Waals surface area contributed by atoms with Crippen LogP contribution in [-0.2, 0) is 4.79 Å². The van der Waals surface area contributed by atoms with Crippen molar-refractivity contribution in [2.45, 2.75) is 19.3 Å². The van der Waals surface area contributed by atoms with Crippen LogP contribution in [0.4, 0.5) is 0 Å². The van der Waals surface area contributed by atoms with Crippen molar-refractivity contribution >= 4 is 5.91 Å².